The van der Waals surface area contributed by atoms with E-state index in [1.807, 2.05) is 10.8 Å². The number of hydrogen-bond donors (Lipinski definition) is 0. The SMILES string of the molecule is O=c1c(N2CCCC(Br)C2)nccn1C1CC1. The summed E-state index contributed by atoms with van der Waals surface area (Å²) in [6.45, 7) is 1.83. The smallest absolute Gasteiger partial charge is 0.293 e. The number of rotatable bonds is 2. The first-order valence-electron chi connectivity index (χ1n) is 6.22. The number of hydrogen-bond acceptors (Lipinski definition) is 3. The molecule has 2 fully saturated rings. The maximum atomic E-state index is 12.3. The largest absolute Gasteiger partial charge is 0.351 e. The Labute approximate surface area is 109 Å². The van der Waals surface area contributed by atoms with Crippen molar-refractivity contribution in [3.05, 3.63) is 22.7 Å². The maximum Gasteiger partial charge on any atom is 0.293 e. The quantitative estimate of drug-likeness (QED) is 0.783. The van der Waals surface area contributed by atoms with Crippen LogP contribution in [0.5, 0.6) is 0 Å². The van der Waals surface area contributed by atoms with Gasteiger partial charge in [0.1, 0.15) is 0 Å². The van der Waals surface area contributed by atoms with Gasteiger partial charge in [0, 0.05) is 36.4 Å². The highest BCUT2D eigenvalue weighted by atomic mass is 79.9. The first-order valence-corrected chi connectivity index (χ1v) is 7.13. The van der Waals surface area contributed by atoms with E-state index < -0.39 is 0 Å². The Kier molecular flexibility index (Phi) is 2.94. The molecule has 0 spiro atoms. The molecule has 3 rings (SSSR count). The minimum absolute atomic E-state index is 0.0802. The molecule has 0 N–H and O–H groups in total. The summed E-state index contributed by atoms with van der Waals surface area (Å²) < 4.78 is 1.85. The molecule has 92 valence electrons. The lowest BCUT2D eigenvalue weighted by Crippen LogP contribution is -2.40. The van der Waals surface area contributed by atoms with Gasteiger partial charge in [-0.1, -0.05) is 15.9 Å². The van der Waals surface area contributed by atoms with Crippen LogP contribution in [0.1, 0.15) is 31.7 Å². The fourth-order valence-electron chi connectivity index (χ4n) is 2.39. The van der Waals surface area contributed by atoms with Crippen molar-refractivity contribution < 1.29 is 0 Å². The van der Waals surface area contributed by atoms with Crippen LogP contribution in [-0.2, 0) is 0 Å². The third-order valence-corrected chi connectivity index (χ3v) is 4.20. The summed E-state index contributed by atoms with van der Waals surface area (Å²) in [5, 5.41) is 0. The molecule has 0 aromatic carbocycles. The zero-order chi connectivity index (χ0) is 11.8. The molecule has 17 heavy (non-hydrogen) atoms. The number of alkyl halides is 1. The molecule has 1 aliphatic heterocycles. The highest BCUT2D eigenvalue weighted by molar-refractivity contribution is 9.09. The van der Waals surface area contributed by atoms with Crippen LogP contribution in [0.25, 0.3) is 0 Å². The van der Waals surface area contributed by atoms with Crippen molar-refractivity contribution in [1.29, 1.82) is 0 Å². The Morgan fingerprint density at radius 1 is 1.35 bits per heavy atom. The summed E-state index contributed by atoms with van der Waals surface area (Å²) in [6, 6.07) is 0.425. The third-order valence-electron chi connectivity index (χ3n) is 3.45. The Hall–Kier alpha value is -0.840. The van der Waals surface area contributed by atoms with E-state index >= 15 is 0 Å². The summed E-state index contributed by atoms with van der Waals surface area (Å²) in [6.07, 6.45) is 8.14. The standard InChI is InChI=1S/C12H16BrN3O/c13-9-2-1-6-15(8-9)11-12(17)16(7-5-14-11)10-3-4-10/h5,7,9-10H,1-4,6,8H2. The second kappa shape index (κ2) is 4.44. The average Bonchev–Trinajstić information content (AvgIpc) is 3.13. The number of anilines is 1. The summed E-state index contributed by atoms with van der Waals surface area (Å²) in [7, 11) is 0. The molecule has 5 heteroatoms. The van der Waals surface area contributed by atoms with E-state index in [-0.39, 0.29) is 5.56 Å². The van der Waals surface area contributed by atoms with Crippen LogP contribution in [0.15, 0.2) is 17.2 Å². The van der Waals surface area contributed by atoms with Crippen LogP contribution in [0, 0.1) is 0 Å². The molecule has 1 aliphatic carbocycles. The monoisotopic (exact) mass is 297 g/mol. The van der Waals surface area contributed by atoms with E-state index in [1.54, 1.807) is 6.20 Å². The van der Waals surface area contributed by atoms with E-state index in [2.05, 4.69) is 25.8 Å². The lowest BCUT2D eigenvalue weighted by Gasteiger charge is -2.30. The number of halogens is 1. The van der Waals surface area contributed by atoms with Crippen molar-refractivity contribution in [1.82, 2.24) is 9.55 Å². The number of nitrogens with zero attached hydrogens (tertiary/aromatic N) is 3. The molecule has 4 nitrogen and oxygen atoms in total. The molecule has 0 bridgehead atoms. The lowest BCUT2D eigenvalue weighted by molar-refractivity contribution is 0.582. The molecule has 2 aliphatic rings. The molecular formula is C12H16BrN3O. The second-order valence-corrected chi connectivity index (χ2v) is 6.17. The molecular weight excluding hydrogens is 282 g/mol. The highest BCUT2D eigenvalue weighted by Crippen LogP contribution is 2.33. The van der Waals surface area contributed by atoms with Crippen LogP contribution < -0.4 is 10.5 Å². The second-order valence-electron chi connectivity index (χ2n) is 4.88. The Morgan fingerprint density at radius 2 is 2.18 bits per heavy atom. The topological polar surface area (TPSA) is 38.1 Å². The maximum absolute atomic E-state index is 12.3. The van der Waals surface area contributed by atoms with Gasteiger partial charge >= 0.3 is 0 Å². The summed E-state index contributed by atoms with van der Waals surface area (Å²) in [4.78, 5) is 19.2. The van der Waals surface area contributed by atoms with Crippen LogP contribution in [0.4, 0.5) is 5.82 Å². The van der Waals surface area contributed by atoms with Crippen LogP contribution in [0.2, 0.25) is 0 Å². The van der Waals surface area contributed by atoms with Crippen LogP contribution in [0.3, 0.4) is 0 Å². The average molecular weight is 298 g/mol. The number of piperidine rings is 1. The van der Waals surface area contributed by atoms with Gasteiger partial charge in [0.2, 0.25) is 0 Å². The fourth-order valence-corrected chi connectivity index (χ4v) is 3.06. The van der Waals surface area contributed by atoms with Crippen molar-refractivity contribution in [2.24, 2.45) is 0 Å². The summed E-state index contributed by atoms with van der Waals surface area (Å²) >= 11 is 3.63. The van der Waals surface area contributed by atoms with E-state index in [0.717, 1.165) is 32.4 Å². The van der Waals surface area contributed by atoms with Gasteiger partial charge in [0.15, 0.2) is 5.82 Å². The zero-order valence-electron chi connectivity index (χ0n) is 9.68. The molecule has 0 radical (unpaired) electrons. The minimum atomic E-state index is 0.0802. The summed E-state index contributed by atoms with van der Waals surface area (Å²) in [5.74, 6) is 0.628. The van der Waals surface area contributed by atoms with Gasteiger partial charge < -0.3 is 9.47 Å². The molecule has 1 aromatic rings. The first kappa shape index (κ1) is 11.3. The van der Waals surface area contributed by atoms with Gasteiger partial charge in [-0.25, -0.2) is 4.98 Å². The van der Waals surface area contributed by atoms with Crippen molar-refractivity contribution >= 4 is 21.7 Å². The van der Waals surface area contributed by atoms with E-state index in [0.29, 0.717) is 16.7 Å². The van der Waals surface area contributed by atoms with Crippen molar-refractivity contribution in [2.45, 2.75) is 36.6 Å². The van der Waals surface area contributed by atoms with Crippen molar-refractivity contribution in [3.63, 3.8) is 0 Å². The third kappa shape index (κ3) is 2.25. The predicted octanol–water partition coefficient (Wildman–Crippen LogP) is 1.94. The van der Waals surface area contributed by atoms with Crippen LogP contribution in [-0.4, -0.2) is 27.5 Å². The Bertz CT molecular complexity index is 469. The van der Waals surface area contributed by atoms with E-state index in [4.69, 9.17) is 0 Å². The van der Waals surface area contributed by atoms with Gasteiger partial charge in [-0.15, -0.1) is 0 Å². The van der Waals surface area contributed by atoms with Gasteiger partial charge in [0.25, 0.3) is 5.56 Å². The van der Waals surface area contributed by atoms with E-state index in [9.17, 15) is 4.79 Å². The molecule has 1 aromatic heterocycles. The normalized spacial score (nSPS) is 25.0. The highest BCUT2D eigenvalue weighted by Gasteiger charge is 2.27. The summed E-state index contributed by atoms with van der Waals surface area (Å²) in [5.41, 5.74) is 0.0802. The van der Waals surface area contributed by atoms with Crippen molar-refractivity contribution in [2.75, 3.05) is 18.0 Å². The van der Waals surface area contributed by atoms with Gasteiger partial charge in [-0.3, -0.25) is 4.79 Å². The minimum Gasteiger partial charge on any atom is -0.351 e. The molecule has 1 saturated carbocycles. The van der Waals surface area contributed by atoms with Gasteiger partial charge in [-0.2, -0.15) is 0 Å². The van der Waals surface area contributed by atoms with E-state index in [1.165, 1.54) is 6.42 Å². The van der Waals surface area contributed by atoms with Crippen LogP contribution >= 0.6 is 15.9 Å². The van der Waals surface area contributed by atoms with Gasteiger partial charge in [-0.05, 0) is 25.7 Å². The zero-order valence-corrected chi connectivity index (χ0v) is 11.3. The van der Waals surface area contributed by atoms with Gasteiger partial charge in [0.05, 0.1) is 0 Å². The Balaban J connectivity index is 1.91. The first-order chi connectivity index (χ1) is 8.25. The predicted molar refractivity (Wildman–Crippen MR) is 70.9 cm³/mol. The molecule has 0 amide bonds. The fraction of sp³-hybridized carbons (Fsp3) is 0.667. The molecule has 1 saturated heterocycles. The molecule has 1 unspecified atom stereocenters. The van der Waals surface area contributed by atoms with Crippen molar-refractivity contribution in [3.8, 4) is 0 Å². The molecule has 1 atom stereocenters. The lowest BCUT2D eigenvalue weighted by atomic mass is 10.1. The molecule has 2 heterocycles. The Morgan fingerprint density at radius 3 is 2.88 bits per heavy atom. The number of aromatic nitrogens is 2.